The third-order valence-corrected chi connectivity index (χ3v) is 5.79. The summed E-state index contributed by atoms with van der Waals surface area (Å²) in [5.74, 6) is 1.36. The average Bonchev–Trinajstić information content (AvgIpc) is 2.96. The normalized spacial score (nSPS) is 15.2. The van der Waals surface area contributed by atoms with Gasteiger partial charge in [-0.05, 0) is 34.5 Å². The number of hydrogen-bond donors (Lipinski definition) is 1. The average molecular weight is 439 g/mol. The van der Waals surface area contributed by atoms with Crippen molar-refractivity contribution in [3.8, 4) is 11.1 Å². The van der Waals surface area contributed by atoms with Crippen LogP contribution in [0.1, 0.15) is 6.42 Å². The van der Waals surface area contributed by atoms with E-state index in [0.717, 1.165) is 64.1 Å². The van der Waals surface area contributed by atoms with Gasteiger partial charge in [-0.3, -0.25) is 4.98 Å². The molecular formula is C20H19BrN6O. The first kappa shape index (κ1) is 17.4. The summed E-state index contributed by atoms with van der Waals surface area (Å²) < 4.78 is 8.01. The van der Waals surface area contributed by atoms with Gasteiger partial charge in [-0.1, -0.05) is 18.2 Å². The Morgan fingerprint density at radius 2 is 2.00 bits per heavy atom. The molecule has 8 heteroatoms. The molecule has 1 saturated heterocycles. The van der Waals surface area contributed by atoms with E-state index in [9.17, 15) is 0 Å². The summed E-state index contributed by atoms with van der Waals surface area (Å²) in [5.41, 5.74) is 9.94. The molecule has 5 rings (SSSR count). The summed E-state index contributed by atoms with van der Waals surface area (Å²) in [6.07, 6.45) is 4.62. The highest BCUT2D eigenvalue weighted by atomic mass is 79.9. The van der Waals surface area contributed by atoms with E-state index in [1.54, 1.807) is 10.7 Å². The molecule has 1 aromatic carbocycles. The number of ether oxygens (including phenoxy) is 1. The molecule has 0 saturated carbocycles. The number of para-hydroxylation sites is 1. The van der Waals surface area contributed by atoms with E-state index < -0.39 is 0 Å². The number of nitrogens with zero attached hydrogens (tertiary/aromatic N) is 5. The number of benzene rings is 1. The predicted molar refractivity (Wildman–Crippen MR) is 113 cm³/mol. The Labute approximate surface area is 170 Å². The maximum Gasteiger partial charge on any atom is 0.167 e. The highest BCUT2D eigenvalue weighted by Crippen LogP contribution is 2.34. The van der Waals surface area contributed by atoms with Crippen molar-refractivity contribution in [2.24, 2.45) is 0 Å². The van der Waals surface area contributed by atoms with Gasteiger partial charge in [-0.15, -0.1) is 0 Å². The van der Waals surface area contributed by atoms with Crippen molar-refractivity contribution >= 4 is 44.1 Å². The molecule has 4 aromatic rings. The summed E-state index contributed by atoms with van der Waals surface area (Å²) in [4.78, 5) is 11.7. The first-order valence-corrected chi connectivity index (χ1v) is 10.0. The minimum Gasteiger partial charge on any atom is -0.383 e. The van der Waals surface area contributed by atoms with Crippen LogP contribution in [0.15, 0.2) is 47.2 Å². The molecule has 2 N–H and O–H groups in total. The first-order valence-electron chi connectivity index (χ1n) is 9.23. The summed E-state index contributed by atoms with van der Waals surface area (Å²) in [7, 11) is 0. The number of aromatic nitrogens is 4. The zero-order valence-electron chi connectivity index (χ0n) is 15.2. The van der Waals surface area contributed by atoms with Crippen molar-refractivity contribution in [2.45, 2.75) is 6.42 Å². The van der Waals surface area contributed by atoms with Crippen LogP contribution in [-0.4, -0.2) is 45.9 Å². The van der Waals surface area contributed by atoms with Crippen LogP contribution >= 0.6 is 15.9 Å². The third-order valence-electron chi connectivity index (χ3n) is 5.03. The van der Waals surface area contributed by atoms with Gasteiger partial charge in [0, 0.05) is 42.4 Å². The van der Waals surface area contributed by atoms with Gasteiger partial charge in [0.15, 0.2) is 5.65 Å². The number of hydrogen-bond acceptors (Lipinski definition) is 6. The molecule has 0 amide bonds. The Bertz CT molecular complexity index is 1170. The lowest BCUT2D eigenvalue weighted by Crippen LogP contribution is -2.28. The lowest BCUT2D eigenvalue weighted by Gasteiger charge is -2.23. The lowest BCUT2D eigenvalue weighted by atomic mass is 10.1. The molecule has 1 fully saturated rings. The molecule has 4 heterocycles. The van der Waals surface area contributed by atoms with Crippen LogP contribution in [0.4, 0.5) is 11.6 Å². The number of halogens is 1. The maximum atomic E-state index is 6.39. The second kappa shape index (κ2) is 7.03. The van der Waals surface area contributed by atoms with E-state index in [1.807, 2.05) is 24.4 Å². The van der Waals surface area contributed by atoms with Gasteiger partial charge in [0.25, 0.3) is 0 Å². The number of rotatable bonds is 2. The molecule has 28 heavy (non-hydrogen) atoms. The molecule has 0 unspecified atom stereocenters. The van der Waals surface area contributed by atoms with Gasteiger partial charge in [-0.25, -0.2) is 4.98 Å². The number of nitrogens with two attached hydrogens (primary N) is 1. The van der Waals surface area contributed by atoms with Crippen molar-refractivity contribution in [3.63, 3.8) is 0 Å². The molecule has 142 valence electrons. The SMILES string of the molecule is Nc1c(Br)c(N2CCCOCC2)nc2c(-c3cnc4ccccc4c3)cnn12. The molecule has 0 atom stereocenters. The van der Waals surface area contributed by atoms with Gasteiger partial charge < -0.3 is 15.4 Å². The van der Waals surface area contributed by atoms with Crippen LogP contribution in [-0.2, 0) is 4.74 Å². The number of pyridine rings is 1. The van der Waals surface area contributed by atoms with Crippen LogP contribution in [0.3, 0.4) is 0 Å². The highest BCUT2D eigenvalue weighted by Gasteiger charge is 2.21. The van der Waals surface area contributed by atoms with Crippen molar-refractivity contribution in [1.29, 1.82) is 0 Å². The molecule has 1 aliphatic heterocycles. The van der Waals surface area contributed by atoms with Gasteiger partial charge in [-0.2, -0.15) is 9.61 Å². The summed E-state index contributed by atoms with van der Waals surface area (Å²) in [6, 6.07) is 10.2. The second-order valence-electron chi connectivity index (χ2n) is 6.80. The quantitative estimate of drug-likeness (QED) is 0.515. The van der Waals surface area contributed by atoms with E-state index >= 15 is 0 Å². The van der Waals surface area contributed by atoms with E-state index in [2.05, 4.69) is 43.0 Å². The van der Waals surface area contributed by atoms with Crippen LogP contribution in [0.25, 0.3) is 27.7 Å². The molecule has 0 aliphatic carbocycles. The monoisotopic (exact) mass is 438 g/mol. The highest BCUT2D eigenvalue weighted by molar-refractivity contribution is 9.10. The van der Waals surface area contributed by atoms with Crippen molar-refractivity contribution in [1.82, 2.24) is 19.6 Å². The van der Waals surface area contributed by atoms with Gasteiger partial charge in [0.2, 0.25) is 0 Å². The Hall–Kier alpha value is -2.71. The number of fused-ring (bicyclic) bond motifs is 2. The van der Waals surface area contributed by atoms with Crippen LogP contribution < -0.4 is 10.6 Å². The van der Waals surface area contributed by atoms with Gasteiger partial charge in [0.1, 0.15) is 16.1 Å². The largest absolute Gasteiger partial charge is 0.383 e. The van der Waals surface area contributed by atoms with Crippen LogP contribution in [0, 0.1) is 0 Å². The Kier molecular flexibility index (Phi) is 4.37. The lowest BCUT2D eigenvalue weighted by molar-refractivity contribution is 0.152. The van der Waals surface area contributed by atoms with E-state index in [1.165, 1.54) is 0 Å². The van der Waals surface area contributed by atoms with E-state index in [0.29, 0.717) is 12.4 Å². The minimum atomic E-state index is 0.533. The van der Waals surface area contributed by atoms with E-state index in [4.69, 9.17) is 15.5 Å². The molecule has 7 nitrogen and oxygen atoms in total. The predicted octanol–water partition coefficient (Wildman–Crippen LogP) is 3.52. The van der Waals surface area contributed by atoms with Crippen molar-refractivity contribution in [3.05, 3.63) is 47.2 Å². The molecule has 0 radical (unpaired) electrons. The van der Waals surface area contributed by atoms with Crippen LogP contribution in [0.2, 0.25) is 0 Å². The summed E-state index contributed by atoms with van der Waals surface area (Å²) >= 11 is 3.62. The smallest absolute Gasteiger partial charge is 0.167 e. The number of nitrogen functional groups attached to an aromatic ring is 1. The standard InChI is InChI=1S/C20H19BrN6O/c21-17-18(22)27-19(25-20(17)26-6-3-8-28-9-7-26)15(12-24-27)14-10-13-4-1-2-5-16(13)23-11-14/h1-2,4-5,10-12H,3,6-9,22H2. The van der Waals surface area contributed by atoms with Gasteiger partial charge >= 0.3 is 0 Å². The summed E-state index contributed by atoms with van der Waals surface area (Å²) in [5, 5.41) is 5.55. The fourth-order valence-electron chi connectivity index (χ4n) is 3.57. The Balaban J connectivity index is 1.67. The summed E-state index contributed by atoms with van der Waals surface area (Å²) in [6.45, 7) is 3.11. The van der Waals surface area contributed by atoms with Crippen LogP contribution in [0.5, 0.6) is 0 Å². The van der Waals surface area contributed by atoms with Crippen molar-refractivity contribution < 1.29 is 4.74 Å². The molecule has 3 aromatic heterocycles. The fraction of sp³-hybridized carbons (Fsp3) is 0.250. The fourth-order valence-corrected chi connectivity index (χ4v) is 4.08. The molecular weight excluding hydrogens is 420 g/mol. The molecule has 0 bridgehead atoms. The molecule has 1 aliphatic rings. The zero-order valence-corrected chi connectivity index (χ0v) is 16.8. The van der Waals surface area contributed by atoms with Crippen molar-refractivity contribution in [2.75, 3.05) is 36.9 Å². The Morgan fingerprint density at radius 3 is 2.93 bits per heavy atom. The Morgan fingerprint density at radius 1 is 1.11 bits per heavy atom. The topological polar surface area (TPSA) is 81.6 Å². The first-order chi connectivity index (χ1) is 13.7. The molecule has 0 spiro atoms. The zero-order chi connectivity index (χ0) is 19.1. The van der Waals surface area contributed by atoms with Gasteiger partial charge in [0.05, 0.1) is 18.3 Å². The van der Waals surface area contributed by atoms with E-state index in [-0.39, 0.29) is 0 Å². The minimum absolute atomic E-state index is 0.533. The third kappa shape index (κ3) is 2.89. The maximum absolute atomic E-state index is 6.39. The second-order valence-corrected chi connectivity index (χ2v) is 7.59. The number of anilines is 2.